The lowest BCUT2D eigenvalue weighted by molar-refractivity contribution is 0.102. The van der Waals surface area contributed by atoms with Crippen LogP contribution in [0.2, 0.25) is 0 Å². The number of hydrogen-bond donors (Lipinski definition) is 1. The maximum Gasteiger partial charge on any atom is 0.255 e. The number of benzene rings is 3. The van der Waals surface area contributed by atoms with E-state index in [4.69, 9.17) is 13.9 Å². The van der Waals surface area contributed by atoms with Crippen LogP contribution in [0.3, 0.4) is 0 Å². The molecule has 1 heterocycles. The van der Waals surface area contributed by atoms with Gasteiger partial charge in [0.05, 0.1) is 14.2 Å². The second kappa shape index (κ2) is 7.44. The van der Waals surface area contributed by atoms with Gasteiger partial charge < -0.3 is 19.2 Å². The second-order valence-electron chi connectivity index (χ2n) is 6.12. The molecule has 1 amide bonds. The molecule has 3 aromatic carbocycles. The molecule has 0 bridgehead atoms. The molecule has 140 valence electrons. The molecule has 0 aliphatic carbocycles. The minimum absolute atomic E-state index is 0.231. The van der Waals surface area contributed by atoms with Crippen LogP contribution in [0.25, 0.3) is 22.6 Å². The Hall–Kier alpha value is -3.80. The van der Waals surface area contributed by atoms with Crippen molar-refractivity contribution >= 4 is 22.7 Å². The Morgan fingerprint density at radius 2 is 1.68 bits per heavy atom. The molecular weight excluding hydrogens is 356 g/mol. The van der Waals surface area contributed by atoms with Crippen molar-refractivity contribution in [3.05, 3.63) is 72.3 Å². The van der Waals surface area contributed by atoms with E-state index >= 15 is 0 Å². The molecule has 4 rings (SSSR count). The molecule has 0 saturated carbocycles. The van der Waals surface area contributed by atoms with Gasteiger partial charge in [-0.05, 0) is 48.5 Å². The largest absolute Gasteiger partial charge is 0.497 e. The fourth-order valence-electron chi connectivity index (χ4n) is 2.85. The normalized spacial score (nSPS) is 10.6. The molecule has 0 aliphatic heterocycles. The van der Waals surface area contributed by atoms with Crippen molar-refractivity contribution in [2.24, 2.45) is 0 Å². The van der Waals surface area contributed by atoms with Crippen LogP contribution >= 0.6 is 0 Å². The van der Waals surface area contributed by atoms with Gasteiger partial charge in [-0.15, -0.1) is 0 Å². The predicted molar refractivity (Wildman–Crippen MR) is 107 cm³/mol. The molecular formula is C22H18N2O4. The molecule has 4 aromatic rings. The summed E-state index contributed by atoms with van der Waals surface area (Å²) >= 11 is 0. The molecule has 0 unspecified atom stereocenters. The highest BCUT2D eigenvalue weighted by molar-refractivity contribution is 6.05. The summed E-state index contributed by atoms with van der Waals surface area (Å²) in [6.45, 7) is 0. The van der Waals surface area contributed by atoms with Gasteiger partial charge in [0.1, 0.15) is 17.0 Å². The van der Waals surface area contributed by atoms with Crippen molar-refractivity contribution in [2.75, 3.05) is 19.5 Å². The molecule has 1 aromatic heterocycles. The van der Waals surface area contributed by atoms with E-state index in [9.17, 15) is 4.79 Å². The summed E-state index contributed by atoms with van der Waals surface area (Å²) in [7, 11) is 3.18. The number of aromatic nitrogens is 1. The first-order chi connectivity index (χ1) is 13.7. The topological polar surface area (TPSA) is 73.6 Å². The molecule has 1 N–H and O–H groups in total. The zero-order valence-corrected chi connectivity index (χ0v) is 15.4. The zero-order chi connectivity index (χ0) is 19.5. The molecule has 0 aliphatic rings. The quantitative estimate of drug-likeness (QED) is 0.545. The Kier molecular flexibility index (Phi) is 4.68. The minimum atomic E-state index is -0.231. The van der Waals surface area contributed by atoms with Gasteiger partial charge in [-0.1, -0.05) is 12.1 Å². The van der Waals surface area contributed by atoms with Crippen molar-refractivity contribution in [2.45, 2.75) is 0 Å². The van der Waals surface area contributed by atoms with Gasteiger partial charge in [0.25, 0.3) is 5.91 Å². The van der Waals surface area contributed by atoms with Crippen molar-refractivity contribution in [1.29, 1.82) is 0 Å². The molecule has 0 radical (unpaired) electrons. The number of carbonyl (C=O) groups is 1. The number of amides is 1. The number of carbonyl (C=O) groups excluding carboxylic acids is 1. The maximum atomic E-state index is 12.5. The Bertz CT molecular complexity index is 1150. The molecule has 28 heavy (non-hydrogen) atoms. The number of ether oxygens (including phenoxy) is 2. The maximum absolute atomic E-state index is 12.5. The van der Waals surface area contributed by atoms with E-state index < -0.39 is 0 Å². The van der Waals surface area contributed by atoms with Gasteiger partial charge >= 0.3 is 0 Å². The lowest BCUT2D eigenvalue weighted by atomic mass is 10.2. The molecule has 0 saturated heterocycles. The number of anilines is 1. The van der Waals surface area contributed by atoms with Gasteiger partial charge in [-0.2, -0.15) is 0 Å². The van der Waals surface area contributed by atoms with E-state index in [0.717, 1.165) is 11.3 Å². The van der Waals surface area contributed by atoms with E-state index in [1.54, 1.807) is 50.6 Å². The average molecular weight is 374 g/mol. The summed E-state index contributed by atoms with van der Waals surface area (Å²) in [5, 5.41) is 2.87. The third-order valence-corrected chi connectivity index (χ3v) is 4.29. The zero-order valence-electron chi connectivity index (χ0n) is 15.4. The second-order valence-corrected chi connectivity index (χ2v) is 6.12. The van der Waals surface area contributed by atoms with Gasteiger partial charge in [-0.25, -0.2) is 4.98 Å². The lowest BCUT2D eigenvalue weighted by Crippen LogP contribution is -2.11. The van der Waals surface area contributed by atoms with Gasteiger partial charge in [0.2, 0.25) is 5.89 Å². The Morgan fingerprint density at radius 3 is 2.46 bits per heavy atom. The van der Waals surface area contributed by atoms with Crippen LogP contribution in [-0.2, 0) is 0 Å². The van der Waals surface area contributed by atoms with Crippen LogP contribution in [0.4, 0.5) is 5.69 Å². The third kappa shape index (κ3) is 3.53. The van der Waals surface area contributed by atoms with Crippen LogP contribution in [0.15, 0.2) is 71.1 Å². The van der Waals surface area contributed by atoms with Crippen LogP contribution in [-0.4, -0.2) is 25.1 Å². The van der Waals surface area contributed by atoms with Crippen molar-refractivity contribution in [3.8, 4) is 23.0 Å². The highest BCUT2D eigenvalue weighted by Crippen LogP contribution is 2.28. The van der Waals surface area contributed by atoms with Gasteiger partial charge in [0.15, 0.2) is 5.58 Å². The van der Waals surface area contributed by atoms with Gasteiger partial charge in [-0.3, -0.25) is 4.79 Å². The average Bonchev–Trinajstić information content (AvgIpc) is 3.17. The molecule has 0 fully saturated rings. The molecule has 6 nitrogen and oxygen atoms in total. The fourth-order valence-corrected chi connectivity index (χ4v) is 2.85. The molecule has 0 atom stereocenters. The lowest BCUT2D eigenvalue weighted by Gasteiger charge is -2.06. The molecule has 6 heteroatoms. The van der Waals surface area contributed by atoms with Crippen LogP contribution in [0.1, 0.15) is 10.4 Å². The van der Waals surface area contributed by atoms with E-state index in [0.29, 0.717) is 34.0 Å². The number of methoxy groups -OCH3 is 2. The number of nitrogens with one attached hydrogen (secondary N) is 1. The Balaban J connectivity index is 1.60. The summed E-state index contributed by atoms with van der Waals surface area (Å²) < 4.78 is 16.3. The van der Waals surface area contributed by atoms with Crippen LogP contribution in [0.5, 0.6) is 11.5 Å². The number of hydrogen-bond acceptors (Lipinski definition) is 5. The summed E-state index contributed by atoms with van der Waals surface area (Å²) in [5.74, 6) is 1.61. The number of nitrogens with zero attached hydrogens (tertiary/aromatic N) is 1. The minimum Gasteiger partial charge on any atom is -0.497 e. The summed E-state index contributed by atoms with van der Waals surface area (Å²) in [6, 6.07) is 19.8. The Labute approximate surface area is 161 Å². The highest BCUT2D eigenvalue weighted by Gasteiger charge is 2.12. The van der Waals surface area contributed by atoms with Crippen molar-refractivity contribution < 1.29 is 18.7 Å². The van der Waals surface area contributed by atoms with E-state index in [1.807, 2.05) is 30.3 Å². The van der Waals surface area contributed by atoms with E-state index in [1.165, 1.54) is 0 Å². The smallest absolute Gasteiger partial charge is 0.255 e. The number of rotatable bonds is 5. The number of oxazole rings is 1. The SMILES string of the molecule is COc1cccc(C(=O)Nc2ccc3nc(-c4cccc(OC)c4)oc3c2)c1. The molecule has 0 spiro atoms. The first-order valence-corrected chi connectivity index (χ1v) is 8.67. The van der Waals surface area contributed by atoms with Crippen LogP contribution in [0, 0.1) is 0 Å². The van der Waals surface area contributed by atoms with Crippen molar-refractivity contribution in [1.82, 2.24) is 4.98 Å². The fraction of sp³-hybridized carbons (Fsp3) is 0.0909. The Morgan fingerprint density at radius 1 is 0.929 bits per heavy atom. The van der Waals surface area contributed by atoms with E-state index in [2.05, 4.69) is 10.3 Å². The van der Waals surface area contributed by atoms with Crippen molar-refractivity contribution in [3.63, 3.8) is 0 Å². The summed E-state index contributed by atoms with van der Waals surface area (Å²) in [6.07, 6.45) is 0. The summed E-state index contributed by atoms with van der Waals surface area (Å²) in [5.41, 5.74) is 3.23. The first kappa shape index (κ1) is 17.6. The monoisotopic (exact) mass is 374 g/mol. The first-order valence-electron chi connectivity index (χ1n) is 8.67. The summed E-state index contributed by atoms with van der Waals surface area (Å²) in [4.78, 5) is 17.0. The third-order valence-electron chi connectivity index (χ3n) is 4.29. The van der Waals surface area contributed by atoms with Gasteiger partial charge in [0, 0.05) is 22.9 Å². The van der Waals surface area contributed by atoms with E-state index in [-0.39, 0.29) is 5.91 Å². The number of fused-ring (bicyclic) bond motifs is 1. The highest BCUT2D eigenvalue weighted by atomic mass is 16.5. The standard InChI is InChI=1S/C22H18N2O4/c1-26-17-7-3-5-14(11-17)21(25)23-16-9-10-19-20(13-16)28-22(24-19)15-6-4-8-18(12-15)27-2/h3-13H,1-2H3,(H,23,25). The predicted octanol–water partition coefficient (Wildman–Crippen LogP) is 4.76. The van der Waals surface area contributed by atoms with Crippen LogP contribution < -0.4 is 14.8 Å².